The van der Waals surface area contributed by atoms with Gasteiger partial charge in [-0.1, -0.05) is 42.5 Å². The molecule has 3 heterocycles. The molecule has 0 saturated carbocycles. The number of imidazole rings is 1. The number of halogens is 1. The largest absolute Gasteiger partial charge is 0.492 e. The zero-order valence-corrected chi connectivity index (χ0v) is 15.6. The fraction of sp³-hybridized carbons (Fsp3) is 0.0526. The van der Waals surface area contributed by atoms with E-state index in [4.69, 9.17) is 4.98 Å². The molecule has 0 fully saturated rings. The summed E-state index contributed by atoms with van der Waals surface area (Å²) < 4.78 is 4.03. The number of nitrogens with zero attached hydrogens (tertiary/aromatic N) is 6. The summed E-state index contributed by atoms with van der Waals surface area (Å²) in [5.41, 5.74) is 3.63. The van der Waals surface area contributed by atoms with Crippen LogP contribution in [0, 0.1) is 0 Å². The van der Waals surface area contributed by atoms with Gasteiger partial charge in [-0.2, -0.15) is 9.61 Å². The lowest BCUT2D eigenvalue weighted by atomic mass is 10.2. The number of aromatic hydroxyl groups is 1. The van der Waals surface area contributed by atoms with Crippen LogP contribution >= 0.6 is 15.9 Å². The minimum Gasteiger partial charge on any atom is -0.492 e. The smallest absolute Gasteiger partial charge is 0.246 e. The minimum absolute atomic E-state index is 0.102. The lowest BCUT2D eigenvalue weighted by Gasteiger charge is -2.10. The molecule has 5 aromatic rings. The maximum absolute atomic E-state index is 10.8. The van der Waals surface area contributed by atoms with Crippen LogP contribution in [-0.4, -0.2) is 34.5 Å². The van der Waals surface area contributed by atoms with Crippen LogP contribution in [0.25, 0.3) is 28.2 Å². The van der Waals surface area contributed by atoms with Crippen molar-refractivity contribution in [3.8, 4) is 17.4 Å². The molecule has 0 aliphatic carbocycles. The first-order valence-corrected chi connectivity index (χ1v) is 9.10. The van der Waals surface area contributed by atoms with Crippen molar-refractivity contribution in [2.75, 3.05) is 0 Å². The van der Waals surface area contributed by atoms with Crippen LogP contribution in [0.1, 0.15) is 5.56 Å². The van der Waals surface area contributed by atoms with E-state index in [2.05, 4.69) is 43.4 Å². The molecule has 0 atom stereocenters. The average Bonchev–Trinajstić information content (AvgIpc) is 3.25. The molecule has 8 heteroatoms. The highest BCUT2D eigenvalue weighted by Gasteiger charge is 2.21. The second kappa shape index (κ2) is 6.17. The highest BCUT2D eigenvalue weighted by atomic mass is 79.9. The first-order valence-electron chi connectivity index (χ1n) is 8.31. The Morgan fingerprint density at radius 2 is 1.74 bits per heavy atom. The van der Waals surface area contributed by atoms with E-state index >= 15 is 0 Å². The molecule has 5 rings (SSSR count). The van der Waals surface area contributed by atoms with Crippen LogP contribution in [-0.2, 0) is 6.54 Å². The van der Waals surface area contributed by atoms with Gasteiger partial charge in [0.25, 0.3) is 0 Å². The van der Waals surface area contributed by atoms with E-state index in [0.29, 0.717) is 22.5 Å². The van der Waals surface area contributed by atoms with Gasteiger partial charge in [0.2, 0.25) is 5.88 Å². The van der Waals surface area contributed by atoms with Gasteiger partial charge in [0.05, 0.1) is 21.7 Å². The van der Waals surface area contributed by atoms with Crippen molar-refractivity contribution >= 4 is 32.6 Å². The molecule has 0 aliphatic rings. The van der Waals surface area contributed by atoms with E-state index in [1.165, 1.54) is 4.52 Å². The van der Waals surface area contributed by atoms with Crippen LogP contribution in [0.4, 0.5) is 0 Å². The Hall–Kier alpha value is -3.26. The molecule has 0 unspecified atom stereocenters. The van der Waals surface area contributed by atoms with Gasteiger partial charge in [-0.25, -0.2) is 4.98 Å². The van der Waals surface area contributed by atoms with Crippen LogP contribution in [0.2, 0.25) is 0 Å². The standard InChI is InChI=1S/C19H13BrN6O/c20-13-10-21-26-17(13)24-23-16(19(26)27)18-22-14-8-4-5-9-15(14)25(18)11-12-6-2-1-3-7-12/h1-10,27H,11H2. The molecular weight excluding hydrogens is 408 g/mol. The first kappa shape index (κ1) is 16.0. The molecule has 0 amide bonds. The number of hydrogen-bond donors (Lipinski definition) is 1. The SMILES string of the molecule is Oc1c(-c2nc3ccccc3n2Cc2ccccc2)nnc2c(Br)cnn12. The highest BCUT2D eigenvalue weighted by Crippen LogP contribution is 2.31. The topological polar surface area (TPSA) is 81.1 Å². The van der Waals surface area contributed by atoms with Gasteiger partial charge >= 0.3 is 0 Å². The quantitative estimate of drug-likeness (QED) is 0.481. The summed E-state index contributed by atoms with van der Waals surface area (Å²) in [4.78, 5) is 4.70. The van der Waals surface area contributed by atoms with E-state index in [1.54, 1.807) is 6.20 Å². The van der Waals surface area contributed by atoms with E-state index < -0.39 is 0 Å². The van der Waals surface area contributed by atoms with Crippen molar-refractivity contribution in [2.45, 2.75) is 6.54 Å². The molecule has 3 aromatic heterocycles. The lowest BCUT2D eigenvalue weighted by Crippen LogP contribution is -2.06. The Labute approximate surface area is 162 Å². The summed E-state index contributed by atoms with van der Waals surface area (Å²) in [6.45, 7) is 0.596. The van der Waals surface area contributed by atoms with Crippen molar-refractivity contribution in [1.29, 1.82) is 0 Å². The lowest BCUT2D eigenvalue weighted by molar-refractivity contribution is 0.432. The second-order valence-electron chi connectivity index (χ2n) is 6.10. The molecule has 0 aliphatic heterocycles. The summed E-state index contributed by atoms with van der Waals surface area (Å²) in [5.74, 6) is 0.439. The molecule has 0 spiro atoms. The van der Waals surface area contributed by atoms with Crippen LogP contribution in [0.3, 0.4) is 0 Å². The Morgan fingerprint density at radius 3 is 2.59 bits per heavy atom. The third-order valence-corrected chi connectivity index (χ3v) is 4.97. The first-order chi connectivity index (χ1) is 13.2. The minimum atomic E-state index is -0.102. The third kappa shape index (κ3) is 2.57. The van der Waals surface area contributed by atoms with E-state index in [9.17, 15) is 5.11 Å². The fourth-order valence-corrected chi connectivity index (χ4v) is 3.48. The van der Waals surface area contributed by atoms with E-state index in [-0.39, 0.29) is 11.6 Å². The van der Waals surface area contributed by atoms with Crippen molar-refractivity contribution in [3.05, 3.63) is 70.8 Å². The average molecular weight is 421 g/mol. The molecule has 0 saturated heterocycles. The van der Waals surface area contributed by atoms with Gasteiger partial charge in [0.1, 0.15) is 0 Å². The highest BCUT2D eigenvalue weighted by molar-refractivity contribution is 9.10. The van der Waals surface area contributed by atoms with Gasteiger partial charge in [0, 0.05) is 6.54 Å². The van der Waals surface area contributed by atoms with Crippen molar-refractivity contribution in [2.24, 2.45) is 0 Å². The van der Waals surface area contributed by atoms with Crippen LogP contribution in [0.5, 0.6) is 5.88 Å². The predicted octanol–water partition coefficient (Wildman–Crippen LogP) is 3.66. The predicted molar refractivity (Wildman–Crippen MR) is 104 cm³/mol. The number of hydrogen-bond acceptors (Lipinski definition) is 5. The second-order valence-corrected chi connectivity index (χ2v) is 6.95. The molecule has 7 nitrogen and oxygen atoms in total. The molecular formula is C19H13BrN6O. The molecule has 0 radical (unpaired) electrons. The summed E-state index contributed by atoms with van der Waals surface area (Å²) in [6.07, 6.45) is 1.57. The summed E-state index contributed by atoms with van der Waals surface area (Å²) in [5, 5.41) is 23.3. The third-order valence-electron chi connectivity index (χ3n) is 4.41. The summed E-state index contributed by atoms with van der Waals surface area (Å²) in [6, 6.07) is 17.9. The van der Waals surface area contributed by atoms with Gasteiger partial charge in [-0.3, -0.25) is 0 Å². The maximum Gasteiger partial charge on any atom is 0.246 e. The maximum atomic E-state index is 10.8. The number of aromatic nitrogens is 6. The van der Waals surface area contributed by atoms with Gasteiger partial charge in [-0.05, 0) is 33.6 Å². The zero-order chi connectivity index (χ0) is 18.4. The molecule has 27 heavy (non-hydrogen) atoms. The molecule has 132 valence electrons. The Bertz CT molecular complexity index is 1280. The zero-order valence-electron chi connectivity index (χ0n) is 14.0. The molecule has 2 aromatic carbocycles. The van der Waals surface area contributed by atoms with E-state index in [0.717, 1.165) is 16.6 Å². The number of para-hydroxylation sites is 2. The van der Waals surface area contributed by atoms with Crippen molar-refractivity contribution < 1.29 is 5.11 Å². The number of benzene rings is 2. The molecule has 0 bridgehead atoms. The number of fused-ring (bicyclic) bond motifs is 2. The van der Waals surface area contributed by atoms with Gasteiger partial charge in [-0.15, -0.1) is 10.2 Å². The summed E-state index contributed by atoms with van der Waals surface area (Å²) in [7, 11) is 0. The van der Waals surface area contributed by atoms with E-state index in [1.807, 2.05) is 47.0 Å². The number of rotatable bonds is 3. The Kier molecular flexibility index (Phi) is 3.64. The Morgan fingerprint density at radius 1 is 0.963 bits per heavy atom. The summed E-state index contributed by atoms with van der Waals surface area (Å²) >= 11 is 3.35. The fourth-order valence-electron chi connectivity index (χ4n) is 3.14. The Balaban J connectivity index is 1.76. The molecule has 1 N–H and O–H groups in total. The van der Waals surface area contributed by atoms with Crippen molar-refractivity contribution in [1.82, 2.24) is 29.4 Å². The van der Waals surface area contributed by atoms with Gasteiger partial charge in [0.15, 0.2) is 17.2 Å². The van der Waals surface area contributed by atoms with Crippen LogP contribution in [0.15, 0.2) is 65.3 Å². The van der Waals surface area contributed by atoms with Crippen molar-refractivity contribution in [3.63, 3.8) is 0 Å². The van der Waals surface area contributed by atoms with Crippen LogP contribution < -0.4 is 0 Å². The normalized spacial score (nSPS) is 11.4. The monoisotopic (exact) mass is 420 g/mol. The van der Waals surface area contributed by atoms with Gasteiger partial charge < -0.3 is 9.67 Å².